The summed E-state index contributed by atoms with van der Waals surface area (Å²) in [7, 11) is 2.33. The first-order valence-corrected chi connectivity index (χ1v) is 5.42. The molecule has 1 aliphatic heterocycles. The van der Waals surface area contributed by atoms with Crippen LogP contribution in [0.15, 0.2) is 0 Å². The monoisotopic (exact) mass is 165 g/mol. The average molecular weight is 165 g/mol. The van der Waals surface area contributed by atoms with E-state index in [0.717, 1.165) is 23.3 Å². The Kier molecular flexibility index (Phi) is 1.27. The van der Waals surface area contributed by atoms with Gasteiger partial charge in [-0.3, -0.25) is 0 Å². The molecule has 12 heavy (non-hydrogen) atoms. The van der Waals surface area contributed by atoms with Crippen molar-refractivity contribution in [2.45, 2.75) is 38.6 Å². The maximum absolute atomic E-state index is 2.63. The van der Waals surface area contributed by atoms with Crippen molar-refractivity contribution in [3.05, 3.63) is 0 Å². The van der Waals surface area contributed by atoms with Crippen LogP contribution in [-0.4, -0.2) is 24.5 Å². The molecule has 2 aliphatic carbocycles. The first-order chi connectivity index (χ1) is 5.72. The van der Waals surface area contributed by atoms with Crippen molar-refractivity contribution in [2.24, 2.45) is 17.3 Å². The molecule has 0 aromatic heterocycles. The Morgan fingerprint density at radius 2 is 2.17 bits per heavy atom. The van der Waals surface area contributed by atoms with E-state index in [0.29, 0.717) is 0 Å². The van der Waals surface area contributed by atoms with Crippen molar-refractivity contribution in [3.63, 3.8) is 0 Å². The van der Waals surface area contributed by atoms with Crippen LogP contribution in [0.4, 0.5) is 0 Å². The first kappa shape index (κ1) is 7.37. The molecule has 0 aromatic rings. The summed E-state index contributed by atoms with van der Waals surface area (Å²) in [4.78, 5) is 2.63. The van der Waals surface area contributed by atoms with E-state index in [1.54, 1.807) is 6.42 Å². The standard InChI is InChI=1S/C11H19N/c1-11-5-6-12(2)10(11)8-3-4-9(11)7-8/h8-10H,3-7H2,1-2H3. The van der Waals surface area contributed by atoms with Gasteiger partial charge in [-0.15, -0.1) is 0 Å². The van der Waals surface area contributed by atoms with Gasteiger partial charge in [-0.25, -0.2) is 0 Å². The lowest BCUT2D eigenvalue weighted by Gasteiger charge is -2.37. The molecule has 3 rings (SSSR count). The van der Waals surface area contributed by atoms with Gasteiger partial charge in [0.05, 0.1) is 0 Å². The lowest BCUT2D eigenvalue weighted by Crippen LogP contribution is -2.40. The molecular weight excluding hydrogens is 146 g/mol. The third kappa shape index (κ3) is 0.654. The molecule has 0 radical (unpaired) electrons. The van der Waals surface area contributed by atoms with Gasteiger partial charge in [-0.05, 0) is 56.5 Å². The van der Waals surface area contributed by atoms with Crippen LogP contribution in [-0.2, 0) is 0 Å². The maximum atomic E-state index is 2.63. The number of likely N-dealkylation sites (tertiary alicyclic amines) is 1. The Balaban J connectivity index is 1.99. The highest BCUT2D eigenvalue weighted by Crippen LogP contribution is 2.61. The Hall–Kier alpha value is -0.0400. The topological polar surface area (TPSA) is 3.24 Å². The largest absolute Gasteiger partial charge is 0.303 e. The van der Waals surface area contributed by atoms with Gasteiger partial charge >= 0.3 is 0 Å². The maximum Gasteiger partial charge on any atom is 0.0177 e. The normalized spacial score (nSPS) is 58.0. The van der Waals surface area contributed by atoms with Crippen LogP contribution in [0.3, 0.4) is 0 Å². The molecular formula is C11H19N. The van der Waals surface area contributed by atoms with Crippen LogP contribution in [0.5, 0.6) is 0 Å². The Morgan fingerprint density at radius 1 is 1.33 bits per heavy atom. The second-order valence-corrected chi connectivity index (χ2v) is 5.45. The number of fused-ring (bicyclic) bond motifs is 5. The molecule has 0 N–H and O–H groups in total. The summed E-state index contributed by atoms with van der Waals surface area (Å²) in [6, 6.07) is 0.955. The summed E-state index contributed by atoms with van der Waals surface area (Å²) in [6.45, 7) is 3.90. The van der Waals surface area contributed by atoms with E-state index in [2.05, 4.69) is 18.9 Å². The molecule has 1 saturated heterocycles. The molecule has 4 unspecified atom stereocenters. The fraction of sp³-hybridized carbons (Fsp3) is 1.00. The van der Waals surface area contributed by atoms with E-state index in [1.807, 2.05) is 0 Å². The van der Waals surface area contributed by atoms with Gasteiger partial charge in [0.1, 0.15) is 0 Å². The highest BCUT2D eigenvalue weighted by Gasteiger charge is 2.58. The van der Waals surface area contributed by atoms with Gasteiger partial charge in [0.2, 0.25) is 0 Å². The predicted octanol–water partition coefficient (Wildman–Crippen LogP) is 2.13. The first-order valence-electron chi connectivity index (χ1n) is 5.42. The molecule has 68 valence electrons. The van der Waals surface area contributed by atoms with Crippen molar-refractivity contribution >= 4 is 0 Å². The number of hydrogen-bond donors (Lipinski definition) is 0. The fourth-order valence-corrected chi connectivity index (χ4v) is 4.45. The van der Waals surface area contributed by atoms with E-state index in [-0.39, 0.29) is 0 Å². The van der Waals surface area contributed by atoms with Crippen molar-refractivity contribution in [2.75, 3.05) is 13.6 Å². The Bertz CT molecular complexity index is 213. The summed E-state index contributed by atoms with van der Waals surface area (Å²) in [6.07, 6.45) is 6.07. The van der Waals surface area contributed by atoms with Gasteiger partial charge in [0, 0.05) is 6.04 Å². The summed E-state index contributed by atoms with van der Waals surface area (Å²) >= 11 is 0. The van der Waals surface area contributed by atoms with Gasteiger partial charge in [-0.1, -0.05) is 6.92 Å². The minimum atomic E-state index is 0.720. The summed E-state index contributed by atoms with van der Waals surface area (Å²) < 4.78 is 0. The van der Waals surface area contributed by atoms with Crippen molar-refractivity contribution in [3.8, 4) is 0 Å². The SMILES string of the molecule is CN1CCC2(C)C3CCC(C3)C12. The molecule has 3 aliphatic rings. The zero-order valence-electron chi connectivity index (χ0n) is 8.21. The highest BCUT2D eigenvalue weighted by molar-refractivity contribution is 5.11. The highest BCUT2D eigenvalue weighted by atomic mass is 15.2. The molecule has 0 aromatic carbocycles. The lowest BCUT2D eigenvalue weighted by molar-refractivity contribution is 0.122. The van der Waals surface area contributed by atoms with E-state index in [9.17, 15) is 0 Å². The van der Waals surface area contributed by atoms with E-state index >= 15 is 0 Å². The van der Waals surface area contributed by atoms with E-state index in [4.69, 9.17) is 0 Å². The molecule has 3 fully saturated rings. The molecule has 2 saturated carbocycles. The second-order valence-electron chi connectivity index (χ2n) is 5.45. The van der Waals surface area contributed by atoms with Crippen LogP contribution >= 0.6 is 0 Å². The minimum absolute atomic E-state index is 0.720. The van der Waals surface area contributed by atoms with E-state index < -0.39 is 0 Å². The van der Waals surface area contributed by atoms with Gasteiger partial charge in [-0.2, -0.15) is 0 Å². The van der Waals surface area contributed by atoms with Gasteiger partial charge < -0.3 is 4.90 Å². The van der Waals surface area contributed by atoms with Crippen LogP contribution in [0.25, 0.3) is 0 Å². The lowest BCUT2D eigenvalue weighted by atomic mass is 9.71. The van der Waals surface area contributed by atoms with Crippen molar-refractivity contribution in [1.29, 1.82) is 0 Å². The zero-order valence-corrected chi connectivity index (χ0v) is 8.21. The minimum Gasteiger partial charge on any atom is -0.303 e. The third-order valence-corrected chi connectivity index (χ3v) is 5.01. The molecule has 2 bridgehead atoms. The van der Waals surface area contributed by atoms with Crippen molar-refractivity contribution in [1.82, 2.24) is 4.90 Å². The molecule has 4 atom stereocenters. The molecule has 0 spiro atoms. The Labute approximate surface area is 75.1 Å². The molecule has 0 amide bonds. The van der Waals surface area contributed by atoms with Gasteiger partial charge in [0.15, 0.2) is 0 Å². The molecule has 1 nitrogen and oxygen atoms in total. The van der Waals surface area contributed by atoms with E-state index in [1.165, 1.54) is 25.8 Å². The third-order valence-electron chi connectivity index (χ3n) is 5.01. The van der Waals surface area contributed by atoms with Crippen LogP contribution < -0.4 is 0 Å². The zero-order chi connectivity index (χ0) is 8.34. The smallest absolute Gasteiger partial charge is 0.0177 e. The number of hydrogen-bond acceptors (Lipinski definition) is 1. The van der Waals surface area contributed by atoms with Gasteiger partial charge in [0.25, 0.3) is 0 Å². The summed E-state index contributed by atoms with van der Waals surface area (Å²) in [5, 5.41) is 0. The summed E-state index contributed by atoms with van der Waals surface area (Å²) in [5.74, 6) is 2.14. The van der Waals surface area contributed by atoms with Crippen LogP contribution in [0, 0.1) is 17.3 Å². The van der Waals surface area contributed by atoms with Crippen LogP contribution in [0.1, 0.15) is 32.6 Å². The number of nitrogens with zero attached hydrogens (tertiary/aromatic N) is 1. The quantitative estimate of drug-likeness (QED) is 0.531. The molecule has 1 heterocycles. The number of rotatable bonds is 0. The summed E-state index contributed by atoms with van der Waals surface area (Å²) in [5.41, 5.74) is 0.720. The van der Waals surface area contributed by atoms with Crippen LogP contribution in [0.2, 0.25) is 0 Å². The fourth-order valence-electron chi connectivity index (χ4n) is 4.45. The predicted molar refractivity (Wildman–Crippen MR) is 50.0 cm³/mol. The second kappa shape index (κ2) is 2.06. The average Bonchev–Trinajstić information content (AvgIpc) is 2.63. The molecule has 1 heteroatoms. The Morgan fingerprint density at radius 3 is 2.92 bits per heavy atom. The van der Waals surface area contributed by atoms with Crippen molar-refractivity contribution < 1.29 is 0 Å².